The third-order valence-corrected chi connectivity index (χ3v) is 5.02. The number of anilines is 1. The molecule has 7 heteroatoms. The SMILES string of the molecule is COCCN(C(=O)CN1C(=O)[C@H]2CCCC[C@H]2C1=O)c1ccncc1. The maximum Gasteiger partial charge on any atom is 0.247 e. The van der Waals surface area contributed by atoms with Gasteiger partial charge in [-0.1, -0.05) is 12.8 Å². The molecule has 3 rings (SSSR count). The molecule has 1 saturated heterocycles. The molecule has 0 aromatic carbocycles. The van der Waals surface area contributed by atoms with E-state index in [9.17, 15) is 14.4 Å². The highest BCUT2D eigenvalue weighted by Gasteiger charge is 2.48. The number of rotatable bonds is 6. The number of aromatic nitrogens is 1. The minimum absolute atomic E-state index is 0.190. The van der Waals surface area contributed by atoms with Crippen LogP contribution in [0.3, 0.4) is 0 Å². The van der Waals surface area contributed by atoms with Crippen LogP contribution in [0, 0.1) is 11.8 Å². The summed E-state index contributed by atoms with van der Waals surface area (Å²) in [7, 11) is 1.56. The number of amides is 3. The van der Waals surface area contributed by atoms with E-state index in [1.807, 2.05) is 0 Å². The molecule has 0 unspecified atom stereocenters. The summed E-state index contributed by atoms with van der Waals surface area (Å²) in [5, 5.41) is 0. The Hall–Kier alpha value is -2.28. The summed E-state index contributed by atoms with van der Waals surface area (Å²) >= 11 is 0. The van der Waals surface area contributed by atoms with Crippen molar-refractivity contribution in [2.75, 3.05) is 31.7 Å². The maximum absolute atomic E-state index is 12.8. The zero-order valence-electron chi connectivity index (χ0n) is 14.4. The first-order valence-corrected chi connectivity index (χ1v) is 8.68. The van der Waals surface area contributed by atoms with Gasteiger partial charge >= 0.3 is 0 Å². The van der Waals surface area contributed by atoms with Crippen LogP contribution in [0.15, 0.2) is 24.5 Å². The van der Waals surface area contributed by atoms with E-state index >= 15 is 0 Å². The monoisotopic (exact) mass is 345 g/mol. The van der Waals surface area contributed by atoms with Gasteiger partial charge in [-0.2, -0.15) is 0 Å². The molecule has 1 aromatic rings. The van der Waals surface area contributed by atoms with Crippen LogP contribution in [-0.2, 0) is 19.1 Å². The predicted octanol–water partition coefficient (Wildman–Crippen LogP) is 1.24. The Balaban J connectivity index is 1.74. The van der Waals surface area contributed by atoms with Crippen molar-refractivity contribution < 1.29 is 19.1 Å². The average molecular weight is 345 g/mol. The minimum Gasteiger partial charge on any atom is -0.383 e. The molecule has 7 nitrogen and oxygen atoms in total. The van der Waals surface area contributed by atoms with Gasteiger partial charge in [0.15, 0.2) is 0 Å². The van der Waals surface area contributed by atoms with Crippen molar-refractivity contribution in [3.05, 3.63) is 24.5 Å². The molecular weight excluding hydrogens is 322 g/mol. The molecule has 2 atom stereocenters. The van der Waals surface area contributed by atoms with Gasteiger partial charge in [0.25, 0.3) is 0 Å². The maximum atomic E-state index is 12.8. The van der Waals surface area contributed by atoms with Gasteiger partial charge in [0.2, 0.25) is 17.7 Å². The number of imide groups is 1. The van der Waals surface area contributed by atoms with Crippen molar-refractivity contribution in [2.24, 2.45) is 11.8 Å². The van der Waals surface area contributed by atoms with Crippen LogP contribution >= 0.6 is 0 Å². The Kier molecular flexibility index (Phi) is 5.43. The fraction of sp³-hybridized carbons (Fsp3) is 0.556. The van der Waals surface area contributed by atoms with Crippen LogP contribution in [0.2, 0.25) is 0 Å². The van der Waals surface area contributed by atoms with E-state index in [0.717, 1.165) is 30.6 Å². The van der Waals surface area contributed by atoms with E-state index in [0.29, 0.717) is 18.8 Å². The number of nitrogens with zero attached hydrogens (tertiary/aromatic N) is 3. The lowest BCUT2D eigenvalue weighted by Gasteiger charge is -2.24. The molecular formula is C18H23N3O4. The number of methoxy groups -OCH3 is 1. The van der Waals surface area contributed by atoms with Crippen LogP contribution in [-0.4, -0.2) is 54.4 Å². The summed E-state index contributed by atoms with van der Waals surface area (Å²) in [6.45, 7) is 0.500. The number of hydrogen-bond donors (Lipinski definition) is 0. The van der Waals surface area contributed by atoms with Crippen LogP contribution in [0.4, 0.5) is 5.69 Å². The fourth-order valence-electron chi connectivity index (χ4n) is 3.71. The lowest BCUT2D eigenvalue weighted by Crippen LogP contribution is -2.44. The van der Waals surface area contributed by atoms with Gasteiger partial charge in [-0.05, 0) is 25.0 Å². The molecule has 2 aliphatic rings. The van der Waals surface area contributed by atoms with Gasteiger partial charge in [0.1, 0.15) is 6.54 Å². The zero-order valence-corrected chi connectivity index (χ0v) is 14.4. The Morgan fingerprint density at radius 1 is 1.20 bits per heavy atom. The number of pyridine rings is 1. The van der Waals surface area contributed by atoms with E-state index in [1.54, 1.807) is 31.6 Å². The molecule has 2 fully saturated rings. The van der Waals surface area contributed by atoms with Crippen LogP contribution < -0.4 is 4.90 Å². The van der Waals surface area contributed by atoms with E-state index in [4.69, 9.17) is 4.74 Å². The lowest BCUT2D eigenvalue weighted by atomic mass is 9.81. The van der Waals surface area contributed by atoms with E-state index in [-0.39, 0.29) is 36.1 Å². The summed E-state index contributed by atoms with van der Waals surface area (Å²) in [6.07, 6.45) is 6.64. The second-order valence-corrected chi connectivity index (χ2v) is 6.50. The normalized spacial score (nSPS) is 22.8. The molecule has 1 aromatic heterocycles. The highest BCUT2D eigenvalue weighted by atomic mass is 16.5. The molecule has 2 heterocycles. The number of likely N-dealkylation sites (tertiary alicyclic amines) is 1. The Morgan fingerprint density at radius 3 is 2.36 bits per heavy atom. The number of fused-ring (bicyclic) bond motifs is 1. The van der Waals surface area contributed by atoms with Gasteiger partial charge in [0.05, 0.1) is 18.4 Å². The largest absolute Gasteiger partial charge is 0.383 e. The average Bonchev–Trinajstić information content (AvgIpc) is 2.88. The standard InChI is InChI=1S/C18H23N3O4/c1-25-11-10-20(13-6-8-19-9-7-13)16(22)12-21-17(23)14-4-2-3-5-15(14)18(21)24/h6-9,14-15H,2-5,10-12H2,1H3/t14-,15+. The van der Waals surface area contributed by atoms with Gasteiger partial charge in [-0.15, -0.1) is 0 Å². The zero-order chi connectivity index (χ0) is 17.8. The van der Waals surface area contributed by atoms with Crippen LogP contribution in [0.5, 0.6) is 0 Å². The number of carbonyl (C=O) groups excluding carboxylic acids is 3. The third-order valence-electron chi connectivity index (χ3n) is 5.02. The Labute approximate surface area is 147 Å². The molecule has 3 amide bonds. The molecule has 1 saturated carbocycles. The number of hydrogen-bond acceptors (Lipinski definition) is 5. The quantitative estimate of drug-likeness (QED) is 0.725. The van der Waals surface area contributed by atoms with Gasteiger partial charge in [-0.3, -0.25) is 24.3 Å². The summed E-state index contributed by atoms with van der Waals surface area (Å²) in [6, 6.07) is 3.45. The summed E-state index contributed by atoms with van der Waals surface area (Å²) in [5.41, 5.74) is 0.675. The smallest absolute Gasteiger partial charge is 0.247 e. The van der Waals surface area contributed by atoms with Gasteiger partial charge < -0.3 is 9.64 Å². The molecule has 0 bridgehead atoms. The lowest BCUT2D eigenvalue weighted by molar-refractivity contribution is -0.143. The van der Waals surface area contributed by atoms with Gasteiger partial charge in [0, 0.05) is 31.7 Å². The minimum atomic E-state index is -0.288. The second kappa shape index (κ2) is 7.74. The van der Waals surface area contributed by atoms with Gasteiger partial charge in [-0.25, -0.2) is 0 Å². The third kappa shape index (κ3) is 3.56. The summed E-state index contributed by atoms with van der Waals surface area (Å²) < 4.78 is 5.08. The topological polar surface area (TPSA) is 79.8 Å². The Bertz CT molecular complexity index is 625. The molecule has 1 aliphatic carbocycles. The van der Waals surface area contributed by atoms with Crippen LogP contribution in [0.25, 0.3) is 0 Å². The molecule has 0 spiro atoms. The highest BCUT2D eigenvalue weighted by Crippen LogP contribution is 2.37. The van der Waals surface area contributed by atoms with Crippen molar-refractivity contribution in [3.8, 4) is 0 Å². The number of ether oxygens (including phenoxy) is 1. The van der Waals surface area contributed by atoms with Crippen molar-refractivity contribution in [1.82, 2.24) is 9.88 Å². The van der Waals surface area contributed by atoms with Crippen molar-refractivity contribution in [2.45, 2.75) is 25.7 Å². The first kappa shape index (κ1) is 17.5. The molecule has 0 radical (unpaired) electrons. The summed E-state index contributed by atoms with van der Waals surface area (Å²) in [5.74, 6) is -1.14. The summed E-state index contributed by atoms with van der Waals surface area (Å²) in [4.78, 5) is 44.6. The van der Waals surface area contributed by atoms with E-state index in [1.165, 1.54) is 4.90 Å². The highest BCUT2D eigenvalue weighted by molar-refractivity contribution is 6.09. The molecule has 0 N–H and O–H groups in total. The first-order valence-electron chi connectivity index (χ1n) is 8.68. The van der Waals surface area contributed by atoms with Crippen LogP contribution in [0.1, 0.15) is 25.7 Å². The molecule has 25 heavy (non-hydrogen) atoms. The second-order valence-electron chi connectivity index (χ2n) is 6.50. The Morgan fingerprint density at radius 2 is 1.80 bits per heavy atom. The fourth-order valence-corrected chi connectivity index (χ4v) is 3.71. The van der Waals surface area contributed by atoms with Crippen molar-refractivity contribution in [1.29, 1.82) is 0 Å². The first-order chi connectivity index (χ1) is 12.1. The molecule has 1 aliphatic heterocycles. The van der Waals surface area contributed by atoms with Crippen molar-refractivity contribution >= 4 is 23.4 Å². The van der Waals surface area contributed by atoms with E-state index in [2.05, 4.69) is 4.98 Å². The number of carbonyl (C=O) groups is 3. The predicted molar refractivity (Wildman–Crippen MR) is 90.6 cm³/mol. The van der Waals surface area contributed by atoms with E-state index < -0.39 is 0 Å². The molecule has 134 valence electrons. The van der Waals surface area contributed by atoms with Crippen molar-refractivity contribution in [3.63, 3.8) is 0 Å².